The van der Waals surface area contributed by atoms with Crippen molar-refractivity contribution in [3.8, 4) is 0 Å². The van der Waals surface area contributed by atoms with Gasteiger partial charge in [-0.2, -0.15) is 0 Å². The Morgan fingerprint density at radius 2 is 1.00 bits per heavy atom. The van der Waals surface area contributed by atoms with E-state index < -0.39 is 7.14 Å². The van der Waals surface area contributed by atoms with E-state index in [2.05, 4.69) is 6.07 Å². The fourth-order valence-corrected chi connectivity index (χ4v) is 6.63. The highest BCUT2D eigenvalue weighted by Crippen LogP contribution is 2.45. The van der Waals surface area contributed by atoms with Gasteiger partial charge in [-0.15, -0.1) is 0 Å². The van der Waals surface area contributed by atoms with Crippen LogP contribution in [0.1, 0.15) is 22.3 Å². The molecule has 0 heterocycles. The third-order valence-corrected chi connectivity index (χ3v) is 8.37. The van der Waals surface area contributed by atoms with Gasteiger partial charge in [-0.25, -0.2) is 8.78 Å². The zero-order chi connectivity index (χ0) is 19.1. The van der Waals surface area contributed by atoms with E-state index in [0.717, 1.165) is 27.6 Å². The zero-order valence-corrected chi connectivity index (χ0v) is 16.2. The first-order valence-corrected chi connectivity index (χ1v) is 10.2. The van der Waals surface area contributed by atoms with Gasteiger partial charge >= 0.3 is 0 Å². The lowest BCUT2D eigenvalue weighted by atomic mass is 10.0. The second-order valence-corrected chi connectivity index (χ2v) is 9.37. The molecular formula is C22H21F2OP. The molecule has 0 atom stereocenters. The van der Waals surface area contributed by atoms with E-state index in [1.165, 1.54) is 24.3 Å². The van der Waals surface area contributed by atoms with Crippen LogP contribution in [0.15, 0.2) is 54.6 Å². The molecule has 0 fully saturated rings. The lowest BCUT2D eigenvalue weighted by Crippen LogP contribution is -2.29. The number of benzene rings is 3. The molecule has 0 saturated heterocycles. The van der Waals surface area contributed by atoms with Crippen LogP contribution in [-0.4, -0.2) is 0 Å². The average molecular weight is 370 g/mol. The van der Waals surface area contributed by atoms with E-state index in [0.29, 0.717) is 10.6 Å². The third-order valence-electron chi connectivity index (χ3n) is 5.02. The van der Waals surface area contributed by atoms with Crippen LogP contribution in [0, 0.1) is 39.3 Å². The molecule has 0 aliphatic carbocycles. The predicted octanol–water partition coefficient (Wildman–Crippen LogP) is 4.84. The van der Waals surface area contributed by atoms with E-state index in [-0.39, 0.29) is 11.6 Å². The number of hydrogen-bond acceptors (Lipinski definition) is 1. The zero-order valence-electron chi connectivity index (χ0n) is 15.3. The summed E-state index contributed by atoms with van der Waals surface area (Å²) >= 11 is 0. The standard InChI is InChI=1S/C22H21F2OP/c1-14-13-15(2)17(4)22(16(14)3)26(25,20-9-5-18(23)6-10-20)21-11-7-19(24)8-12-21/h5-13H,1-4H3. The molecule has 0 spiro atoms. The van der Waals surface area contributed by atoms with Crippen molar-refractivity contribution < 1.29 is 13.3 Å². The minimum Gasteiger partial charge on any atom is -0.309 e. The van der Waals surface area contributed by atoms with E-state index in [1.54, 1.807) is 24.3 Å². The van der Waals surface area contributed by atoms with E-state index in [1.807, 2.05) is 27.7 Å². The minimum atomic E-state index is -3.28. The fourth-order valence-electron chi connectivity index (χ4n) is 3.38. The SMILES string of the molecule is Cc1cc(C)c(C)c(P(=O)(c2ccc(F)cc2)c2ccc(F)cc2)c1C. The molecule has 4 heteroatoms. The monoisotopic (exact) mass is 370 g/mol. The van der Waals surface area contributed by atoms with E-state index in [9.17, 15) is 13.3 Å². The van der Waals surface area contributed by atoms with E-state index in [4.69, 9.17) is 0 Å². The van der Waals surface area contributed by atoms with Gasteiger partial charge in [0.15, 0.2) is 7.14 Å². The summed E-state index contributed by atoms with van der Waals surface area (Å²) in [5.74, 6) is -0.762. The Hall–Kier alpha value is -2.25. The van der Waals surface area contributed by atoms with Crippen LogP contribution < -0.4 is 15.9 Å². The Labute approximate surface area is 153 Å². The summed E-state index contributed by atoms with van der Waals surface area (Å²) in [5, 5.41) is 1.84. The lowest BCUT2D eigenvalue weighted by molar-refractivity contribution is 0.592. The van der Waals surface area contributed by atoms with Gasteiger partial charge in [0, 0.05) is 15.9 Å². The predicted molar refractivity (Wildman–Crippen MR) is 105 cm³/mol. The van der Waals surface area contributed by atoms with E-state index >= 15 is 0 Å². The first kappa shape index (κ1) is 18.5. The molecule has 3 rings (SSSR count). The van der Waals surface area contributed by atoms with Crippen LogP contribution in [0.5, 0.6) is 0 Å². The van der Waals surface area contributed by atoms with Crippen molar-refractivity contribution in [3.05, 3.63) is 88.5 Å². The van der Waals surface area contributed by atoms with Gasteiger partial charge in [-0.3, -0.25) is 0 Å². The van der Waals surface area contributed by atoms with Crippen molar-refractivity contribution in [1.29, 1.82) is 0 Å². The van der Waals surface area contributed by atoms with Crippen molar-refractivity contribution in [3.63, 3.8) is 0 Å². The summed E-state index contributed by atoms with van der Waals surface area (Å²) < 4.78 is 41.5. The molecule has 0 N–H and O–H groups in total. The van der Waals surface area contributed by atoms with Gasteiger partial charge in [0.1, 0.15) is 11.6 Å². The molecule has 0 amide bonds. The molecule has 0 bridgehead atoms. The summed E-state index contributed by atoms with van der Waals surface area (Å²) in [5.41, 5.74) is 4.00. The van der Waals surface area contributed by atoms with Crippen molar-refractivity contribution in [2.24, 2.45) is 0 Å². The van der Waals surface area contributed by atoms with Crippen molar-refractivity contribution in [1.82, 2.24) is 0 Å². The highest BCUT2D eigenvalue weighted by molar-refractivity contribution is 7.85. The molecule has 0 unspecified atom stereocenters. The van der Waals surface area contributed by atoms with Crippen LogP contribution in [0.2, 0.25) is 0 Å². The van der Waals surface area contributed by atoms with Crippen LogP contribution in [0.25, 0.3) is 0 Å². The Bertz CT molecular complexity index is 930. The van der Waals surface area contributed by atoms with Crippen LogP contribution >= 0.6 is 7.14 Å². The van der Waals surface area contributed by atoms with Gasteiger partial charge in [-0.05, 0) is 98.5 Å². The fraction of sp³-hybridized carbons (Fsp3) is 0.182. The maximum atomic E-state index is 14.5. The smallest absolute Gasteiger partial charge is 0.171 e. The molecule has 1 nitrogen and oxygen atoms in total. The number of hydrogen-bond donors (Lipinski definition) is 0. The van der Waals surface area contributed by atoms with Crippen LogP contribution in [-0.2, 0) is 4.57 Å². The Morgan fingerprint density at radius 1 is 0.654 bits per heavy atom. The maximum absolute atomic E-state index is 14.5. The molecular weight excluding hydrogens is 349 g/mol. The van der Waals surface area contributed by atoms with Gasteiger partial charge in [0.2, 0.25) is 0 Å². The highest BCUT2D eigenvalue weighted by atomic mass is 31.2. The van der Waals surface area contributed by atoms with Gasteiger partial charge < -0.3 is 4.57 Å². The summed E-state index contributed by atoms with van der Waals surface area (Å²) in [6, 6.07) is 13.6. The largest absolute Gasteiger partial charge is 0.309 e. The van der Waals surface area contributed by atoms with Crippen molar-refractivity contribution in [2.45, 2.75) is 27.7 Å². The summed E-state index contributed by atoms with van der Waals surface area (Å²) in [6.07, 6.45) is 0. The normalized spacial score (nSPS) is 11.6. The Balaban J connectivity index is 2.42. The topological polar surface area (TPSA) is 17.1 Å². The molecule has 0 aliphatic heterocycles. The summed E-state index contributed by atoms with van der Waals surface area (Å²) in [4.78, 5) is 0. The first-order valence-electron chi connectivity index (χ1n) is 8.45. The molecule has 0 saturated carbocycles. The van der Waals surface area contributed by atoms with Crippen LogP contribution in [0.3, 0.4) is 0 Å². The van der Waals surface area contributed by atoms with Crippen molar-refractivity contribution >= 4 is 23.1 Å². The lowest BCUT2D eigenvalue weighted by Gasteiger charge is -2.26. The highest BCUT2D eigenvalue weighted by Gasteiger charge is 2.33. The third kappa shape index (κ3) is 3.01. The number of aryl methyl sites for hydroxylation is 2. The van der Waals surface area contributed by atoms with Crippen LogP contribution in [0.4, 0.5) is 8.78 Å². The molecule has 0 aromatic heterocycles. The quantitative estimate of drug-likeness (QED) is 0.603. The molecule has 26 heavy (non-hydrogen) atoms. The van der Waals surface area contributed by atoms with Gasteiger partial charge in [0.25, 0.3) is 0 Å². The van der Waals surface area contributed by atoms with Crippen molar-refractivity contribution in [2.75, 3.05) is 0 Å². The molecule has 3 aromatic rings. The summed E-state index contributed by atoms with van der Waals surface area (Å²) in [6.45, 7) is 7.89. The second kappa shape index (κ2) is 6.81. The molecule has 3 aromatic carbocycles. The summed E-state index contributed by atoms with van der Waals surface area (Å²) in [7, 11) is -3.28. The maximum Gasteiger partial charge on any atom is 0.171 e. The van der Waals surface area contributed by atoms with Gasteiger partial charge in [0.05, 0.1) is 0 Å². The average Bonchev–Trinajstić information content (AvgIpc) is 2.61. The molecule has 134 valence electrons. The molecule has 0 radical (unpaired) electrons. The molecule has 0 aliphatic rings. The Kier molecular flexibility index (Phi) is 4.86. The second-order valence-electron chi connectivity index (χ2n) is 6.67. The number of rotatable bonds is 3. The minimum absolute atomic E-state index is 0.381. The number of halogens is 2. The van der Waals surface area contributed by atoms with Gasteiger partial charge in [-0.1, -0.05) is 6.07 Å². The first-order chi connectivity index (χ1) is 12.2. The Morgan fingerprint density at radius 3 is 1.35 bits per heavy atom.